The van der Waals surface area contributed by atoms with E-state index < -0.39 is 0 Å². The Morgan fingerprint density at radius 1 is 1.19 bits per heavy atom. The maximum atomic E-state index is 6.16. The highest BCUT2D eigenvalue weighted by molar-refractivity contribution is 7.99. The van der Waals surface area contributed by atoms with Crippen LogP contribution in [0.15, 0.2) is 58.8 Å². The average Bonchev–Trinajstić information content (AvgIpc) is 3.23. The number of fused-ring (bicyclic) bond motifs is 1. The quantitative estimate of drug-likeness (QED) is 0.416. The summed E-state index contributed by atoms with van der Waals surface area (Å²) < 4.78 is 2.18. The van der Waals surface area contributed by atoms with Gasteiger partial charge in [-0.3, -0.25) is 0 Å². The normalized spacial score (nSPS) is 13.3. The number of thioether (sulfide) groups is 1. The van der Waals surface area contributed by atoms with Crippen LogP contribution in [-0.2, 0) is 18.0 Å². The highest BCUT2D eigenvalue weighted by atomic mass is 35.5. The van der Waals surface area contributed by atoms with Crippen molar-refractivity contribution >= 4 is 41.2 Å². The topological polar surface area (TPSA) is 39.4 Å². The van der Waals surface area contributed by atoms with Crippen molar-refractivity contribution in [3.05, 3.63) is 69.8 Å². The van der Waals surface area contributed by atoms with Crippen molar-refractivity contribution in [2.75, 3.05) is 5.75 Å². The van der Waals surface area contributed by atoms with E-state index >= 15 is 0 Å². The van der Waals surface area contributed by atoms with Gasteiger partial charge in [-0.05, 0) is 12.1 Å². The number of hydrogen-bond donors (Lipinski definition) is 0. The van der Waals surface area contributed by atoms with Crippen molar-refractivity contribution in [2.45, 2.75) is 18.3 Å². The molecule has 0 radical (unpaired) electrons. The Labute approximate surface area is 165 Å². The molecule has 0 aliphatic carbocycles. The van der Waals surface area contributed by atoms with Crippen molar-refractivity contribution in [3.8, 4) is 11.3 Å². The molecule has 0 N–H and O–H groups in total. The predicted octanol–water partition coefficient (Wildman–Crippen LogP) is 5.51. The Hall–Kier alpha value is -1.95. The minimum atomic E-state index is 0.281. The first kappa shape index (κ1) is 17.5. The Balaban J connectivity index is 1.55. The van der Waals surface area contributed by atoms with Crippen LogP contribution < -0.4 is 0 Å². The summed E-state index contributed by atoms with van der Waals surface area (Å²) in [5.41, 5.74) is 3.78. The molecule has 2 aromatic carbocycles. The van der Waals surface area contributed by atoms with Crippen molar-refractivity contribution in [1.82, 2.24) is 9.55 Å². The average molecular weight is 404 g/mol. The Morgan fingerprint density at radius 2 is 2.04 bits per heavy atom. The second-order valence-electron chi connectivity index (χ2n) is 5.74. The van der Waals surface area contributed by atoms with Crippen LogP contribution >= 0.6 is 35.0 Å². The van der Waals surface area contributed by atoms with E-state index in [9.17, 15) is 0 Å². The van der Waals surface area contributed by atoms with E-state index in [0.717, 1.165) is 40.0 Å². The molecule has 1 aromatic heterocycles. The van der Waals surface area contributed by atoms with E-state index in [-0.39, 0.29) is 6.61 Å². The van der Waals surface area contributed by atoms with E-state index in [0.29, 0.717) is 10.0 Å². The van der Waals surface area contributed by atoms with Gasteiger partial charge in [-0.1, -0.05) is 76.5 Å². The van der Waals surface area contributed by atoms with Gasteiger partial charge in [0, 0.05) is 33.5 Å². The van der Waals surface area contributed by atoms with Crippen LogP contribution in [0.25, 0.3) is 11.3 Å². The van der Waals surface area contributed by atoms with Gasteiger partial charge in [0.15, 0.2) is 5.16 Å². The lowest BCUT2D eigenvalue weighted by Gasteiger charge is -2.05. The summed E-state index contributed by atoms with van der Waals surface area (Å²) in [5.74, 6) is 1.03. The molecule has 0 atom stereocenters. The Morgan fingerprint density at radius 3 is 2.85 bits per heavy atom. The summed E-state index contributed by atoms with van der Waals surface area (Å²) in [7, 11) is 0. The molecule has 0 saturated heterocycles. The number of aromatic nitrogens is 2. The summed E-state index contributed by atoms with van der Waals surface area (Å²) in [6.45, 7) is 1.20. The largest absolute Gasteiger partial charge is 0.391 e. The highest BCUT2D eigenvalue weighted by Crippen LogP contribution is 2.32. The van der Waals surface area contributed by atoms with Gasteiger partial charge >= 0.3 is 0 Å². The summed E-state index contributed by atoms with van der Waals surface area (Å²) in [6.07, 6.45) is 1.73. The van der Waals surface area contributed by atoms with Gasteiger partial charge in [-0.2, -0.15) is 0 Å². The maximum absolute atomic E-state index is 6.16. The fraction of sp³-hybridized carbons (Fsp3) is 0.158. The van der Waals surface area contributed by atoms with Crippen molar-refractivity contribution < 1.29 is 4.84 Å². The molecular weight excluding hydrogens is 389 g/mol. The van der Waals surface area contributed by atoms with Crippen LogP contribution in [0.4, 0.5) is 0 Å². The SMILES string of the molecule is Clc1ccc(CO/N=C\c2c(-c3ccccc3)nc3n2CCS3)c(Cl)c1. The van der Waals surface area contributed by atoms with Crippen molar-refractivity contribution in [3.63, 3.8) is 0 Å². The third-order valence-corrected chi connectivity index (χ3v) is 5.59. The molecule has 3 aromatic rings. The second-order valence-corrected chi connectivity index (χ2v) is 7.64. The predicted molar refractivity (Wildman–Crippen MR) is 107 cm³/mol. The van der Waals surface area contributed by atoms with Crippen LogP contribution in [-0.4, -0.2) is 21.5 Å². The Bertz CT molecular complexity index is 957. The van der Waals surface area contributed by atoms with Crippen LogP contribution in [0.5, 0.6) is 0 Å². The first-order chi connectivity index (χ1) is 12.7. The summed E-state index contributed by atoms with van der Waals surface area (Å²) >= 11 is 13.8. The van der Waals surface area contributed by atoms with Crippen LogP contribution in [0.2, 0.25) is 10.0 Å². The van der Waals surface area contributed by atoms with Gasteiger partial charge in [0.2, 0.25) is 0 Å². The van der Waals surface area contributed by atoms with E-state index in [4.69, 9.17) is 33.0 Å². The van der Waals surface area contributed by atoms with Gasteiger partial charge < -0.3 is 9.40 Å². The number of halogens is 2. The minimum Gasteiger partial charge on any atom is -0.391 e. The van der Waals surface area contributed by atoms with Gasteiger partial charge in [-0.25, -0.2) is 4.98 Å². The zero-order chi connectivity index (χ0) is 17.9. The molecule has 1 aliphatic rings. The summed E-state index contributed by atoms with van der Waals surface area (Å²) in [4.78, 5) is 10.2. The molecule has 4 nitrogen and oxygen atoms in total. The molecule has 7 heteroatoms. The first-order valence-electron chi connectivity index (χ1n) is 8.10. The molecule has 0 bridgehead atoms. The number of hydrogen-bond acceptors (Lipinski definition) is 4. The number of nitrogens with zero attached hydrogens (tertiary/aromatic N) is 3. The van der Waals surface area contributed by atoms with Crippen LogP contribution in [0.1, 0.15) is 11.3 Å². The lowest BCUT2D eigenvalue weighted by atomic mass is 10.1. The van der Waals surface area contributed by atoms with Crippen molar-refractivity contribution in [2.24, 2.45) is 5.16 Å². The zero-order valence-electron chi connectivity index (χ0n) is 13.7. The van der Waals surface area contributed by atoms with E-state index in [1.807, 2.05) is 24.3 Å². The van der Waals surface area contributed by atoms with E-state index in [1.54, 1.807) is 30.1 Å². The number of rotatable bonds is 5. The third kappa shape index (κ3) is 3.61. The fourth-order valence-corrected chi connectivity index (χ4v) is 4.19. The molecule has 0 fully saturated rings. The molecule has 0 amide bonds. The van der Waals surface area contributed by atoms with Gasteiger partial charge in [0.25, 0.3) is 0 Å². The molecular formula is C19H15Cl2N3OS. The summed E-state index contributed by atoms with van der Waals surface area (Å²) in [5, 5.41) is 6.34. The van der Waals surface area contributed by atoms with Crippen LogP contribution in [0, 0.1) is 0 Å². The second kappa shape index (κ2) is 7.74. The molecule has 0 saturated carbocycles. The molecule has 26 heavy (non-hydrogen) atoms. The molecule has 2 heterocycles. The Kier molecular flexibility index (Phi) is 5.20. The van der Waals surface area contributed by atoms with Gasteiger partial charge in [0.1, 0.15) is 6.61 Å². The van der Waals surface area contributed by atoms with E-state index in [1.165, 1.54) is 0 Å². The van der Waals surface area contributed by atoms with Gasteiger partial charge in [-0.15, -0.1) is 0 Å². The number of imidazole rings is 1. The molecule has 1 aliphatic heterocycles. The zero-order valence-corrected chi connectivity index (χ0v) is 16.1. The fourth-order valence-electron chi connectivity index (χ4n) is 2.77. The standard InChI is InChI=1S/C19H15Cl2N3OS/c20-15-7-6-14(16(21)10-15)12-25-22-11-17-18(13-4-2-1-3-5-13)23-19-24(17)8-9-26-19/h1-7,10-11H,8-9,12H2/b22-11-. The molecule has 4 rings (SSSR count). The van der Waals surface area contributed by atoms with E-state index in [2.05, 4.69) is 21.9 Å². The monoisotopic (exact) mass is 403 g/mol. The summed E-state index contributed by atoms with van der Waals surface area (Å²) in [6, 6.07) is 15.4. The lowest BCUT2D eigenvalue weighted by molar-refractivity contribution is 0.132. The molecule has 132 valence electrons. The van der Waals surface area contributed by atoms with Crippen molar-refractivity contribution in [1.29, 1.82) is 0 Å². The molecule has 0 spiro atoms. The van der Waals surface area contributed by atoms with Gasteiger partial charge in [0.05, 0.1) is 17.6 Å². The first-order valence-corrected chi connectivity index (χ1v) is 9.84. The maximum Gasteiger partial charge on any atom is 0.169 e. The minimum absolute atomic E-state index is 0.281. The van der Waals surface area contributed by atoms with Crippen LogP contribution in [0.3, 0.4) is 0 Å². The third-order valence-electron chi connectivity index (χ3n) is 4.05. The highest BCUT2D eigenvalue weighted by Gasteiger charge is 2.21. The smallest absolute Gasteiger partial charge is 0.169 e. The number of oxime groups is 1. The number of benzene rings is 2. The molecule has 0 unspecified atom stereocenters. The lowest BCUT2D eigenvalue weighted by Crippen LogP contribution is -2.01.